The predicted octanol–water partition coefficient (Wildman–Crippen LogP) is 3.34. The molecule has 0 bridgehead atoms. The Bertz CT molecular complexity index is 744. The molecule has 4 heteroatoms. The average molecular weight is 264 g/mol. The van der Waals surface area contributed by atoms with Crippen molar-refractivity contribution in [2.45, 2.75) is 13.8 Å². The van der Waals surface area contributed by atoms with Crippen LogP contribution < -0.4 is 5.73 Å². The molecule has 0 aliphatic carbocycles. The van der Waals surface area contributed by atoms with Crippen molar-refractivity contribution in [3.05, 3.63) is 53.6 Å². The van der Waals surface area contributed by atoms with Crippen LogP contribution in [0.5, 0.6) is 0 Å². The maximum Gasteiger partial charge on any atom is 0.181 e. The average Bonchev–Trinajstić information content (AvgIpc) is 2.93. The number of H-pyrrole nitrogens is 1. The van der Waals surface area contributed by atoms with Crippen molar-refractivity contribution in [3.8, 4) is 22.8 Å². The van der Waals surface area contributed by atoms with Gasteiger partial charge in [-0.1, -0.05) is 30.3 Å². The third-order valence-corrected chi connectivity index (χ3v) is 3.46. The highest BCUT2D eigenvalue weighted by atomic mass is 15.2. The third-order valence-electron chi connectivity index (χ3n) is 3.46. The summed E-state index contributed by atoms with van der Waals surface area (Å²) in [6, 6.07) is 13.8. The maximum absolute atomic E-state index is 5.92. The van der Waals surface area contributed by atoms with Crippen LogP contribution in [0.3, 0.4) is 0 Å². The molecule has 4 nitrogen and oxygen atoms in total. The second-order valence-electron chi connectivity index (χ2n) is 4.88. The molecule has 3 aromatic rings. The summed E-state index contributed by atoms with van der Waals surface area (Å²) < 4.78 is 0. The second kappa shape index (κ2) is 4.81. The number of aryl methyl sites for hydroxylation is 1. The molecule has 0 radical (unpaired) electrons. The predicted molar refractivity (Wildman–Crippen MR) is 81.1 cm³/mol. The lowest BCUT2D eigenvalue weighted by Crippen LogP contribution is -1.94. The fraction of sp³-hybridized carbons (Fsp3) is 0.125. The summed E-state index contributed by atoms with van der Waals surface area (Å²) in [5.74, 6) is 1.44. The zero-order chi connectivity index (χ0) is 14.1. The number of nitrogens with zero attached hydrogens (tertiary/aromatic N) is 2. The van der Waals surface area contributed by atoms with E-state index >= 15 is 0 Å². The molecule has 100 valence electrons. The van der Waals surface area contributed by atoms with Gasteiger partial charge in [-0.2, -0.15) is 5.10 Å². The van der Waals surface area contributed by atoms with Crippen LogP contribution in [0.25, 0.3) is 22.8 Å². The molecule has 0 saturated carbocycles. The van der Waals surface area contributed by atoms with Gasteiger partial charge in [0.15, 0.2) is 11.6 Å². The molecule has 0 saturated heterocycles. The van der Waals surface area contributed by atoms with E-state index in [0.717, 1.165) is 33.8 Å². The van der Waals surface area contributed by atoms with E-state index in [0.29, 0.717) is 5.82 Å². The summed E-state index contributed by atoms with van der Waals surface area (Å²) in [6.45, 7) is 4.11. The summed E-state index contributed by atoms with van der Waals surface area (Å²) in [4.78, 5) is 4.57. The van der Waals surface area contributed by atoms with Gasteiger partial charge in [0.05, 0.1) is 0 Å². The van der Waals surface area contributed by atoms with E-state index in [4.69, 9.17) is 5.73 Å². The molecule has 0 spiro atoms. The van der Waals surface area contributed by atoms with Gasteiger partial charge in [0, 0.05) is 16.8 Å². The van der Waals surface area contributed by atoms with E-state index in [-0.39, 0.29) is 0 Å². The normalized spacial score (nSPS) is 10.7. The van der Waals surface area contributed by atoms with Crippen LogP contribution in [-0.4, -0.2) is 15.2 Å². The molecule has 0 aliphatic heterocycles. The van der Waals surface area contributed by atoms with Crippen LogP contribution >= 0.6 is 0 Å². The van der Waals surface area contributed by atoms with E-state index in [1.165, 1.54) is 0 Å². The number of nitrogen functional groups attached to an aromatic ring is 1. The Labute approximate surface area is 117 Å². The lowest BCUT2D eigenvalue weighted by molar-refractivity contribution is 1.10. The van der Waals surface area contributed by atoms with Gasteiger partial charge in [0.25, 0.3) is 0 Å². The summed E-state index contributed by atoms with van der Waals surface area (Å²) in [7, 11) is 0. The molecule has 20 heavy (non-hydrogen) atoms. The van der Waals surface area contributed by atoms with Crippen molar-refractivity contribution in [2.24, 2.45) is 0 Å². The van der Waals surface area contributed by atoms with Crippen molar-refractivity contribution < 1.29 is 0 Å². The first-order valence-electron chi connectivity index (χ1n) is 6.50. The summed E-state index contributed by atoms with van der Waals surface area (Å²) >= 11 is 0. The van der Waals surface area contributed by atoms with Gasteiger partial charge in [-0.3, -0.25) is 5.10 Å². The second-order valence-corrected chi connectivity index (χ2v) is 4.88. The van der Waals surface area contributed by atoms with Crippen molar-refractivity contribution in [1.82, 2.24) is 15.2 Å². The maximum atomic E-state index is 5.92. The Morgan fingerprint density at radius 3 is 2.55 bits per heavy atom. The van der Waals surface area contributed by atoms with Crippen LogP contribution in [0.2, 0.25) is 0 Å². The summed E-state index contributed by atoms with van der Waals surface area (Å²) in [5, 5.41) is 7.29. The Balaban J connectivity index is 2.07. The van der Waals surface area contributed by atoms with Gasteiger partial charge in [0.2, 0.25) is 0 Å². The number of hydrogen-bond donors (Lipinski definition) is 2. The van der Waals surface area contributed by atoms with Gasteiger partial charge >= 0.3 is 0 Å². The number of aromatic nitrogens is 3. The molecule has 1 heterocycles. The van der Waals surface area contributed by atoms with Crippen molar-refractivity contribution >= 4 is 5.69 Å². The third kappa shape index (κ3) is 2.16. The Kier molecular flexibility index (Phi) is 2.99. The molecule has 3 rings (SSSR count). The molecule has 2 aromatic carbocycles. The SMILES string of the molecule is Cc1cc(N)cc(-c2nc(-c3ccccc3)n[nH]2)c1C. The van der Waals surface area contributed by atoms with Gasteiger partial charge in [-0.05, 0) is 37.1 Å². The van der Waals surface area contributed by atoms with E-state index in [1.807, 2.05) is 49.4 Å². The summed E-state index contributed by atoms with van der Waals surface area (Å²) in [6.07, 6.45) is 0. The lowest BCUT2D eigenvalue weighted by Gasteiger charge is -2.07. The first-order valence-corrected chi connectivity index (χ1v) is 6.50. The molecule has 3 N–H and O–H groups in total. The summed E-state index contributed by atoms with van der Waals surface area (Å²) in [5.41, 5.74) is 11.0. The van der Waals surface area contributed by atoms with Crippen molar-refractivity contribution in [2.75, 3.05) is 5.73 Å². The number of hydrogen-bond acceptors (Lipinski definition) is 3. The van der Waals surface area contributed by atoms with Gasteiger partial charge in [-0.25, -0.2) is 4.98 Å². The van der Waals surface area contributed by atoms with Crippen LogP contribution in [-0.2, 0) is 0 Å². The van der Waals surface area contributed by atoms with Gasteiger partial charge in [-0.15, -0.1) is 0 Å². The Morgan fingerprint density at radius 2 is 1.80 bits per heavy atom. The molecular formula is C16H16N4. The molecule has 0 fully saturated rings. The quantitative estimate of drug-likeness (QED) is 0.697. The lowest BCUT2D eigenvalue weighted by atomic mass is 10.0. The fourth-order valence-corrected chi connectivity index (χ4v) is 2.23. The van der Waals surface area contributed by atoms with Crippen LogP contribution in [0.4, 0.5) is 5.69 Å². The minimum Gasteiger partial charge on any atom is -0.399 e. The van der Waals surface area contributed by atoms with E-state index in [9.17, 15) is 0 Å². The molecule has 0 unspecified atom stereocenters. The zero-order valence-corrected chi connectivity index (χ0v) is 11.5. The fourth-order valence-electron chi connectivity index (χ4n) is 2.23. The van der Waals surface area contributed by atoms with Gasteiger partial charge < -0.3 is 5.73 Å². The highest BCUT2D eigenvalue weighted by Crippen LogP contribution is 2.27. The molecule has 1 aromatic heterocycles. The first-order chi connectivity index (χ1) is 9.65. The molecule has 0 atom stereocenters. The number of nitrogens with two attached hydrogens (primary N) is 1. The minimum absolute atomic E-state index is 0.695. The zero-order valence-electron chi connectivity index (χ0n) is 11.5. The monoisotopic (exact) mass is 264 g/mol. The van der Waals surface area contributed by atoms with Crippen LogP contribution in [0.1, 0.15) is 11.1 Å². The number of benzene rings is 2. The standard InChI is InChI=1S/C16H16N4/c1-10-8-13(17)9-14(11(10)2)16-18-15(19-20-16)12-6-4-3-5-7-12/h3-9H,17H2,1-2H3,(H,18,19,20). The smallest absolute Gasteiger partial charge is 0.181 e. The van der Waals surface area contributed by atoms with Crippen LogP contribution in [0.15, 0.2) is 42.5 Å². The Hall–Kier alpha value is -2.62. The van der Waals surface area contributed by atoms with E-state index in [1.54, 1.807) is 0 Å². The Morgan fingerprint density at radius 1 is 1.05 bits per heavy atom. The van der Waals surface area contributed by atoms with Crippen molar-refractivity contribution in [3.63, 3.8) is 0 Å². The number of nitrogens with one attached hydrogen (secondary N) is 1. The number of rotatable bonds is 2. The molecule has 0 amide bonds. The highest BCUT2D eigenvalue weighted by Gasteiger charge is 2.11. The first kappa shape index (κ1) is 12.4. The minimum atomic E-state index is 0.695. The topological polar surface area (TPSA) is 67.6 Å². The van der Waals surface area contributed by atoms with Crippen LogP contribution in [0, 0.1) is 13.8 Å². The van der Waals surface area contributed by atoms with Gasteiger partial charge in [0.1, 0.15) is 0 Å². The van der Waals surface area contributed by atoms with Crippen molar-refractivity contribution in [1.29, 1.82) is 0 Å². The molecule has 0 aliphatic rings. The largest absolute Gasteiger partial charge is 0.399 e. The highest BCUT2D eigenvalue weighted by molar-refractivity contribution is 5.69. The molecular weight excluding hydrogens is 248 g/mol. The van der Waals surface area contributed by atoms with E-state index in [2.05, 4.69) is 22.1 Å². The number of anilines is 1. The number of aromatic amines is 1. The van der Waals surface area contributed by atoms with E-state index < -0.39 is 0 Å².